The van der Waals surface area contributed by atoms with E-state index >= 15 is 0 Å². The molecule has 1 aromatic rings. The van der Waals surface area contributed by atoms with Crippen LogP contribution in [0.2, 0.25) is 0 Å². The fraction of sp³-hybridized carbons (Fsp3) is 0.364. The van der Waals surface area contributed by atoms with Gasteiger partial charge in [-0.2, -0.15) is 13.2 Å². The maximum atomic E-state index is 11.8. The van der Waals surface area contributed by atoms with Crippen molar-refractivity contribution in [3.8, 4) is 5.75 Å². The Balaban J connectivity index is 2.27. The number of carbonyl (C=O) groups excluding carboxylic acids is 1. The zero-order valence-electron chi connectivity index (χ0n) is 9.58. The summed E-state index contributed by atoms with van der Waals surface area (Å²) >= 11 is 0. The summed E-state index contributed by atoms with van der Waals surface area (Å²) in [4.78, 5) is 10.4. The Kier molecular flexibility index (Phi) is 4.82. The topological polar surface area (TPSA) is 47.6 Å². The van der Waals surface area contributed by atoms with Crippen LogP contribution in [0.3, 0.4) is 0 Å². The Labute approximate surface area is 102 Å². The van der Waals surface area contributed by atoms with Crippen molar-refractivity contribution in [1.82, 2.24) is 0 Å². The van der Waals surface area contributed by atoms with E-state index in [1.807, 2.05) is 0 Å². The molecule has 0 atom stereocenters. The molecule has 0 bridgehead atoms. The van der Waals surface area contributed by atoms with E-state index in [2.05, 4.69) is 10.1 Å². The summed E-state index contributed by atoms with van der Waals surface area (Å²) in [5.74, 6) is -1.51. The van der Waals surface area contributed by atoms with Crippen molar-refractivity contribution >= 4 is 11.7 Å². The molecule has 0 aliphatic carbocycles. The minimum Gasteiger partial charge on any atom is -0.497 e. The molecule has 100 valence electrons. The van der Waals surface area contributed by atoms with Crippen LogP contribution in [0, 0.1) is 0 Å². The van der Waals surface area contributed by atoms with Crippen LogP contribution in [0.15, 0.2) is 24.3 Å². The number of carbonyl (C=O) groups is 1. The van der Waals surface area contributed by atoms with E-state index in [0.29, 0.717) is 11.4 Å². The summed E-state index contributed by atoms with van der Waals surface area (Å²) in [7, 11) is 1.53. The molecule has 1 N–H and O–H groups in total. The van der Waals surface area contributed by atoms with Crippen molar-refractivity contribution in [1.29, 1.82) is 0 Å². The average Bonchev–Trinajstić information content (AvgIpc) is 2.34. The number of benzene rings is 1. The van der Waals surface area contributed by atoms with Crippen LogP contribution in [0.4, 0.5) is 18.9 Å². The van der Waals surface area contributed by atoms with Gasteiger partial charge in [0.25, 0.3) is 0 Å². The molecule has 18 heavy (non-hydrogen) atoms. The molecular weight excluding hydrogens is 251 g/mol. The molecule has 0 heterocycles. The Morgan fingerprint density at radius 1 is 1.28 bits per heavy atom. The monoisotopic (exact) mass is 263 g/mol. The van der Waals surface area contributed by atoms with Crippen molar-refractivity contribution < 1.29 is 27.4 Å². The van der Waals surface area contributed by atoms with E-state index in [-0.39, 0.29) is 13.2 Å². The zero-order valence-corrected chi connectivity index (χ0v) is 9.58. The predicted molar refractivity (Wildman–Crippen MR) is 58.5 cm³/mol. The highest BCUT2D eigenvalue weighted by Gasteiger charge is 2.40. The Morgan fingerprint density at radius 2 is 1.89 bits per heavy atom. The molecule has 0 saturated heterocycles. The Bertz CT molecular complexity index is 390. The molecule has 0 aliphatic rings. The maximum absolute atomic E-state index is 11.8. The van der Waals surface area contributed by atoms with Gasteiger partial charge in [0.15, 0.2) is 0 Å². The molecule has 0 fully saturated rings. The number of ether oxygens (including phenoxy) is 2. The van der Waals surface area contributed by atoms with Crippen molar-refractivity contribution in [3.05, 3.63) is 24.3 Å². The first kappa shape index (κ1) is 14.1. The summed E-state index contributed by atoms with van der Waals surface area (Å²) < 4.78 is 44.3. The highest BCUT2D eigenvalue weighted by atomic mass is 19.4. The molecule has 0 radical (unpaired) electrons. The second-order valence-electron chi connectivity index (χ2n) is 3.29. The number of methoxy groups -OCH3 is 1. The summed E-state index contributed by atoms with van der Waals surface area (Å²) in [5.41, 5.74) is 0.693. The first-order valence-corrected chi connectivity index (χ1v) is 5.05. The Morgan fingerprint density at radius 3 is 2.39 bits per heavy atom. The van der Waals surface area contributed by atoms with Crippen LogP contribution in [0.1, 0.15) is 0 Å². The molecular formula is C11H12F3NO3. The molecule has 0 amide bonds. The second kappa shape index (κ2) is 6.13. The van der Waals surface area contributed by atoms with Gasteiger partial charge >= 0.3 is 12.1 Å². The third kappa shape index (κ3) is 4.52. The van der Waals surface area contributed by atoms with Gasteiger partial charge in [0, 0.05) is 12.2 Å². The molecule has 4 nitrogen and oxygen atoms in total. The first-order valence-electron chi connectivity index (χ1n) is 5.05. The fourth-order valence-corrected chi connectivity index (χ4v) is 1.13. The smallest absolute Gasteiger partial charge is 0.490 e. The number of nitrogens with one attached hydrogen (secondary N) is 1. The minimum absolute atomic E-state index is 0.0914. The van der Waals surface area contributed by atoms with Gasteiger partial charge in [0.1, 0.15) is 12.4 Å². The molecule has 7 heteroatoms. The van der Waals surface area contributed by atoms with Gasteiger partial charge in [0.05, 0.1) is 7.11 Å². The zero-order chi connectivity index (χ0) is 13.6. The summed E-state index contributed by atoms with van der Waals surface area (Å²) in [6.45, 7) is -0.265. The average molecular weight is 263 g/mol. The van der Waals surface area contributed by atoms with Gasteiger partial charge in [-0.3, -0.25) is 0 Å². The van der Waals surface area contributed by atoms with Crippen LogP contribution in [-0.2, 0) is 9.53 Å². The predicted octanol–water partition coefficient (Wildman–Crippen LogP) is 2.21. The molecule has 0 spiro atoms. The molecule has 1 aromatic carbocycles. The van der Waals surface area contributed by atoms with Crippen LogP contribution < -0.4 is 10.1 Å². The van der Waals surface area contributed by atoms with Crippen molar-refractivity contribution in [3.63, 3.8) is 0 Å². The highest BCUT2D eigenvalue weighted by Crippen LogP contribution is 2.17. The van der Waals surface area contributed by atoms with Gasteiger partial charge < -0.3 is 14.8 Å². The van der Waals surface area contributed by atoms with Gasteiger partial charge in [-0.1, -0.05) is 0 Å². The van der Waals surface area contributed by atoms with Gasteiger partial charge in [-0.05, 0) is 24.3 Å². The lowest BCUT2D eigenvalue weighted by molar-refractivity contribution is -0.199. The fourth-order valence-electron chi connectivity index (χ4n) is 1.13. The van der Waals surface area contributed by atoms with E-state index in [9.17, 15) is 18.0 Å². The second-order valence-corrected chi connectivity index (χ2v) is 3.29. The summed E-state index contributed by atoms with van der Waals surface area (Å²) in [5, 5.41) is 2.80. The lowest BCUT2D eigenvalue weighted by atomic mass is 10.3. The van der Waals surface area contributed by atoms with E-state index < -0.39 is 12.1 Å². The number of alkyl halides is 3. The van der Waals surface area contributed by atoms with E-state index in [0.717, 1.165) is 0 Å². The molecule has 1 rings (SSSR count). The number of hydrogen-bond acceptors (Lipinski definition) is 4. The maximum Gasteiger partial charge on any atom is 0.490 e. The standard InChI is InChI=1S/C11H12F3NO3/c1-17-9-4-2-8(3-5-9)15-6-7-18-10(16)11(12,13)14/h2-5,15H,6-7H2,1H3. The Hall–Kier alpha value is -1.92. The van der Waals surface area contributed by atoms with Crippen LogP contribution in [-0.4, -0.2) is 32.4 Å². The van der Waals surface area contributed by atoms with Crippen LogP contribution >= 0.6 is 0 Å². The SMILES string of the molecule is COc1ccc(NCCOC(=O)C(F)(F)F)cc1. The normalized spacial score (nSPS) is 10.9. The number of esters is 1. The number of rotatable bonds is 5. The number of hydrogen-bond donors (Lipinski definition) is 1. The van der Waals surface area contributed by atoms with E-state index in [4.69, 9.17) is 4.74 Å². The van der Waals surface area contributed by atoms with Crippen LogP contribution in [0.5, 0.6) is 5.75 Å². The molecule has 0 aliphatic heterocycles. The van der Waals surface area contributed by atoms with Crippen molar-refractivity contribution in [2.75, 3.05) is 25.6 Å². The largest absolute Gasteiger partial charge is 0.497 e. The van der Waals surface area contributed by atoms with E-state index in [1.165, 1.54) is 7.11 Å². The lowest BCUT2D eigenvalue weighted by Crippen LogP contribution is -2.27. The third-order valence-corrected chi connectivity index (χ3v) is 1.99. The summed E-state index contributed by atoms with van der Waals surface area (Å²) in [6, 6.07) is 6.79. The minimum atomic E-state index is -4.94. The number of halogens is 3. The van der Waals surface area contributed by atoms with Gasteiger partial charge in [-0.15, -0.1) is 0 Å². The highest BCUT2D eigenvalue weighted by molar-refractivity contribution is 5.75. The van der Waals surface area contributed by atoms with Gasteiger partial charge in [-0.25, -0.2) is 4.79 Å². The molecule has 0 unspecified atom stereocenters. The van der Waals surface area contributed by atoms with Crippen LogP contribution in [0.25, 0.3) is 0 Å². The summed E-state index contributed by atoms with van der Waals surface area (Å²) in [6.07, 6.45) is -4.94. The first-order chi connectivity index (χ1) is 8.43. The van der Waals surface area contributed by atoms with Crippen molar-refractivity contribution in [2.45, 2.75) is 6.18 Å². The van der Waals surface area contributed by atoms with Crippen molar-refractivity contribution in [2.24, 2.45) is 0 Å². The third-order valence-electron chi connectivity index (χ3n) is 1.99. The molecule has 0 aromatic heterocycles. The molecule has 0 saturated carbocycles. The number of anilines is 1. The van der Waals surface area contributed by atoms with Gasteiger partial charge in [0.2, 0.25) is 0 Å². The van der Waals surface area contributed by atoms with E-state index in [1.54, 1.807) is 24.3 Å². The lowest BCUT2D eigenvalue weighted by Gasteiger charge is -2.09. The quantitative estimate of drug-likeness (QED) is 0.653.